The maximum Gasteiger partial charge on any atom is 0.323 e. The van der Waals surface area contributed by atoms with E-state index in [0.717, 1.165) is 19.3 Å². The van der Waals surface area contributed by atoms with Gasteiger partial charge in [0.2, 0.25) is 5.91 Å². The lowest BCUT2D eigenvalue weighted by Crippen LogP contribution is -2.46. The summed E-state index contributed by atoms with van der Waals surface area (Å²) in [5.41, 5.74) is -0.499. The topological polar surface area (TPSA) is 78.9 Å². The number of hydrogen-bond acceptors (Lipinski definition) is 5. The Labute approximate surface area is 165 Å². The molecule has 0 unspecified atom stereocenters. The van der Waals surface area contributed by atoms with E-state index in [-0.39, 0.29) is 18.9 Å². The Morgan fingerprint density at radius 3 is 2.61 bits per heavy atom. The molecule has 3 atom stereocenters. The van der Waals surface area contributed by atoms with E-state index in [9.17, 15) is 19.1 Å². The first kappa shape index (κ1) is 20.7. The molecule has 7 heteroatoms. The van der Waals surface area contributed by atoms with E-state index in [4.69, 9.17) is 4.74 Å². The summed E-state index contributed by atoms with van der Waals surface area (Å²) in [5, 5.41) is 13.5. The van der Waals surface area contributed by atoms with Crippen LogP contribution in [0.5, 0.6) is 0 Å². The zero-order chi connectivity index (χ0) is 20.3. The van der Waals surface area contributed by atoms with Gasteiger partial charge < -0.3 is 15.2 Å². The molecule has 3 rings (SSSR count). The fraction of sp³-hybridized carbons (Fsp3) is 0.619. The molecule has 1 aromatic carbocycles. The first-order valence-corrected chi connectivity index (χ1v) is 9.90. The van der Waals surface area contributed by atoms with Crippen molar-refractivity contribution in [3.63, 3.8) is 0 Å². The highest BCUT2D eigenvalue weighted by Gasteiger charge is 2.48. The third-order valence-electron chi connectivity index (χ3n) is 6.20. The molecule has 0 bridgehead atoms. The van der Waals surface area contributed by atoms with Gasteiger partial charge in [-0.1, -0.05) is 37.5 Å². The van der Waals surface area contributed by atoms with Gasteiger partial charge in [-0.05, 0) is 32.4 Å². The number of ether oxygens (including phenoxy) is 1. The number of likely N-dealkylation sites (tertiary alicyclic amines) is 1. The molecular weight excluding hydrogens is 363 g/mol. The number of rotatable bonds is 5. The number of carbonyl (C=O) groups excluding carboxylic acids is 2. The number of methoxy groups -OCH3 is 1. The number of benzene rings is 1. The van der Waals surface area contributed by atoms with Crippen molar-refractivity contribution in [3.05, 3.63) is 35.6 Å². The zero-order valence-electron chi connectivity index (χ0n) is 16.5. The van der Waals surface area contributed by atoms with Crippen molar-refractivity contribution >= 4 is 11.9 Å². The highest BCUT2D eigenvalue weighted by atomic mass is 19.1. The Hall–Kier alpha value is -1.99. The third-order valence-corrected chi connectivity index (χ3v) is 6.20. The van der Waals surface area contributed by atoms with Crippen LogP contribution >= 0.6 is 0 Å². The van der Waals surface area contributed by atoms with Gasteiger partial charge in [0, 0.05) is 18.2 Å². The lowest BCUT2D eigenvalue weighted by molar-refractivity contribution is -0.145. The van der Waals surface area contributed by atoms with Gasteiger partial charge in [-0.25, -0.2) is 4.39 Å². The van der Waals surface area contributed by atoms with E-state index in [2.05, 4.69) is 5.32 Å². The number of halogens is 1. The number of nitrogens with one attached hydrogen (secondary N) is 1. The first-order valence-electron chi connectivity index (χ1n) is 9.90. The van der Waals surface area contributed by atoms with Crippen LogP contribution in [-0.2, 0) is 14.3 Å². The first-order chi connectivity index (χ1) is 13.4. The fourth-order valence-electron chi connectivity index (χ4n) is 4.58. The van der Waals surface area contributed by atoms with Gasteiger partial charge in [-0.15, -0.1) is 0 Å². The van der Waals surface area contributed by atoms with Crippen LogP contribution < -0.4 is 5.32 Å². The Morgan fingerprint density at radius 2 is 1.96 bits per heavy atom. The van der Waals surface area contributed by atoms with Crippen LogP contribution in [0.4, 0.5) is 4.39 Å². The Kier molecular flexibility index (Phi) is 6.35. The third kappa shape index (κ3) is 4.20. The number of esters is 1. The van der Waals surface area contributed by atoms with Crippen molar-refractivity contribution < 1.29 is 23.8 Å². The van der Waals surface area contributed by atoms with Gasteiger partial charge in [0.1, 0.15) is 11.9 Å². The minimum absolute atomic E-state index is 0.179. The Bertz CT molecular complexity index is 720. The lowest BCUT2D eigenvalue weighted by atomic mass is 9.84. The van der Waals surface area contributed by atoms with E-state index in [1.807, 2.05) is 0 Å². The summed E-state index contributed by atoms with van der Waals surface area (Å²) in [7, 11) is 3.01. The van der Waals surface area contributed by atoms with Crippen molar-refractivity contribution in [2.75, 3.05) is 20.7 Å². The summed E-state index contributed by atoms with van der Waals surface area (Å²) in [6.45, 7) is 0.179. The van der Waals surface area contributed by atoms with Crippen molar-refractivity contribution in [1.82, 2.24) is 10.2 Å². The van der Waals surface area contributed by atoms with Crippen LogP contribution in [0.15, 0.2) is 24.3 Å². The number of amides is 1. The van der Waals surface area contributed by atoms with Crippen LogP contribution in [0.2, 0.25) is 0 Å². The van der Waals surface area contributed by atoms with Gasteiger partial charge in [0.25, 0.3) is 0 Å². The SMILES string of the molecule is COC(=O)[C@@H]1C[C@H](C(=O)NCC2(O)CCCCC2)[C@H](c2ccccc2F)N1C. The van der Waals surface area contributed by atoms with Crippen LogP contribution in [0, 0.1) is 11.7 Å². The number of likely N-dealkylation sites (N-methyl/N-ethyl adjacent to an activating group) is 1. The van der Waals surface area contributed by atoms with Gasteiger partial charge in [0.05, 0.1) is 18.6 Å². The second kappa shape index (κ2) is 8.57. The molecule has 1 saturated heterocycles. The van der Waals surface area contributed by atoms with Gasteiger partial charge in [0.15, 0.2) is 0 Å². The summed E-state index contributed by atoms with van der Waals surface area (Å²) in [4.78, 5) is 26.9. The van der Waals surface area contributed by atoms with E-state index < -0.39 is 35.4 Å². The van der Waals surface area contributed by atoms with Crippen LogP contribution in [-0.4, -0.2) is 54.2 Å². The van der Waals surface area contributed by atoms with Crippen molar-refractivity contribution in [1.29, 1.82) is 0 Å². The molecule has 2 N–H and O–H groups in total. The average Bonchev–Trinajstić information content (AvgIpc) is 3.04. The highest BCUT2D eigenvalue weighted by Crippen LogP contribution is 2.41. The van der Waals surface area contributed by atoms with E-state index in [1.165, 1.54) is 13.2 Å². The van der Waals surface area contributed by atoms with Crippen LogP contribution in [0.1, 0.15) is 50.1 Å². The molecule has 6 nitrogen and oxygen atoms in total. The largest absolute Gasteiger partial charge is 0.468 e. The number of aliphatic hydroxyl groups is 1. The van der Waals surface area contributed by atoms with Crippen molar-refractivity contribution in [2.45, 2.75) is 56.2 Å². The quantitative estimate of drug-likeness (QED) is 0.751. The van der Waals surface area contributed by atoms with Crippen LogP contribution in [0.3, 0.4) is 0 Å². The molecule has 0 radical (unpaired) electrons. The minimum atomic E-state index is -0.881. The molecule has 1 amide bonds. The van der Waals surface area contributed by atoms with Crippen LogP contribution in [0.25, 0.3) is 0 Å². The molecule has 2 aliphatic rings. The van der Waals surface area contributed by atoms with Gasteiger partial charge in [-0.3, -0.25) is 14.5 Å². The molecule has 1 saturated carbocycles. The predicted molar refractivity (Wildman–Crippen MR) is 102 cm³/mol. The zero-order valence-corrected chi connectivity index (χ0v) is 16.5. The van der Waals surface area contributed by atoms with Crippen molar-refractivity contribution in [2.24, 2.45) is 5.92 Å². The monoisotopic (exact) mass is 392 g/mol. The molecular formula is C21H29FN2O4. The van der Waals surface area contributed by atoms with Gasteiger partial charge in [-0.2, -0.15) is 0 Å². The summed E-state index contributed by atoms with van der Waals surface area (Å²) in [6, 6.07) is 5.12. The lowest BCUT2D eigenvalue weighted by Gasteiger charge is -2.33. The number of nitrogens with zero attached hydrogens (tertiary/aromatic N) is 1. The summed E-state index contributed by atoms with van der Waals surface area (Å²) < 4.78 is 19.4. The molecule has 1 aliphatic heterocycles. The molecule has 1 aromatic rings. The number of hydrogen-bond donors (Lipinski definition) is 2. The highest BCUT2D eigenvalue weighted by molar-refractivity contribution is 5.83. The standard InChI is InChI=1S/C21H29FN2O4/c1-24-17(20(26)28-2)12-15(18(24)14-8-4-5-9-16(14)22)19(25)23-13-21(27)10-6-3-7-11-21/h4-5,8-9,15,17-18,27H,3,6-7,10-13H2,1-2H3,(H,23,25)/t15-,17-,18-/m0/s1. The van der Waals surface area contributed by atoms with Gasteiger partial charge >= 0.3 is 5.97 Å². The molecule has 0 spiro atoms. The Morgan fingerprint density at radius 1 is 1.29 bits per heavy atom. The maximum atomic E-state index is 14.5. The summed E-state index contributed by atoms with van der Waals surface area (Å²) in [6.07, 6.45) is 4.56. The molecule has 2 fully saturated rings. The normalized spacial score (nSPS) is 27.4. The second-order valence-electron chi connectivity index (χ2n) is 8.02. The molecule has 28 heavy (non-hydrogen) atoms. The van der Waals surface area contributed by atoms with E-state index in [1.54, 1.807) is 30.1 Å². The summed E-state index contributed by atoms with van der Waals surface area (Å²) >= 11 is 0. The summed E-state index contributed by atoms with van der Waals surface area (Å²) in [5.74, 6) is -1.73. The minimum Gasteiger partial charge on any atom is -0.468 e. The smallest absolute Gasteiger partial charge is 0.323 e. The van der Waals surface area contributed by atoms with Crippen molar-refractivity contribution in [3.8, 4) is 0 Å². The van der Waals surface area contributed by atoms with E-state index >= 15 is 0 Å². The predicted octanol–water partition coefficient (Wildman–Crippen LogP) is 2.17. The molecule has 1 aliphatic carbocycles. The average molecular weight is 392 g/mol. The van der Waals surface area contributed by atoms with E-state index in [0.29, 0.717) is 18.4 Å². The number of carbonyl (C=O) groups is 2. The molecule has 154 valence electrons. The molecule has 1 heterocycles. The Balaban J connectivity index is 1.80. The maximum absolute atomic E-state index is 14.5. The molecule has 0 aromatic heterocycles. The second-order valence-corrected chi connectivity index (χ2v) is 8.02. The fourth-order valence-corrected chi connectivity index (χ4v) is 4.58.